The van der Waals surface area contributed by atoms with E-state index in [9.17, 15) is 14.4 Å². The smallest absolute Gasteiger partial charge is 0.254 e. The summed E-state index contributed by atoms with van der Waals surface area (Å²) >= 11 is 0. The van der Waals surface area contributed by atoms with E-state index in [1.807, 2.05) is 0 Å². The fourth-order valence-corrected chi connectivity index (χ4v) is 2.81. The number of amides is 2. The number of rotatable bonds is 4. The number of piperazine rings is 1. The van der Waals surface area contributed by atoms with Crippen molar-refractivity contribution in [2.45, 2.75) is 19.8 Å². The molecule has 1 aromatic rings. The average molecular weight is 332 g/mol. The molecule has 0 aliphatic carbocycles. The second kappa shape index (κ2) is 6.90. The molecule has 1 aromatic carbocycles. The lowest BCUT2D eigenvalue weighted by Gasteiger charge is -2.34. The van der Waals surface area contributed by atoms with Gasteiger partial charge in [0.05, 0.1) is 0 Å². The minimum atomic E-state index is -0.0795. The van der Waals surface area contributed by atoms with Gasteiger partial charge >= 0.3 is 0 Å². The van der Waals surface area contributed by atoms with Gasteiger partial charge in [0.2, 0.25) is 12.7 Å². The number of ether oxygens (including phenoxy) is 2. The van der Waals surface area contributed by atoms with Gasteiger partial charge in [-0.1, -0.05) is 0 Å². The third-order valence-electron chi connectivity index (χ3n) is 4.23. The molecule has 0 radical (unpaired) electrons. The highest BCUT2D eigenvalue weighted by Crippen LogP contribution is 2.32. The first-order valence-electron chi connectivity index (χ1n) is 8.01. The number of ketones is 1. The van der Waals surface area contributed by atoms with Crippen LogP contribution in [0.15, 0.2) is 18.2 Å². The summed E-state index contributed by atoms with van der Waals surface area (Å²) < 4.78 is 10.5. The van der Waals surface area contributed by atoms with Crippen LogP contribution in [0.3, 0.4) is 0 Å². The molecule has 0 atom stereocenters. The standard InChI is InChI=1S/C17H20N2O5/c1-12(20)2-5-16(21)18-6-8-19(9-7-18)17(22)13-3-4-14-15(10-13)24-11-23-14/h3-4,10H,2,5-9,11H2,1H3. The Morgan fingerprint density at radius 1 is 0.958 bits per heavy atom. The van der Waals surface area contributed by atoms with Gasteiger partial charge in [0.25, 0.3) is 5.91 Å². The Kier molecular flexibility index (Phi) is 4.69. The lowest BCUT2D eigenvalue weighted by atomic mass is 10.1. The number of hydrogen-bond acceptors (Lipinski definition) is 5. The van der Waals surface area contributed by atoms with Gasteiger partial charge in [0, 0.05) is 44.6 Å². The van der Waals surface area contributed by atoms with E-state index in [0.717, 1.165) is 0 Å². The van der Waals surface area contributed by atoms with Crippen molar-refractivity contribution >= 4 is 17.6 Å². The molecule has 2 aliphatic rings. The second-order valence-electron chi connectivity index (χ2n) is 5.94. The first-order chi connectivity index (χ1) is 11.5. The van der Waals surface area contributed by atoms with E-state index in [1.54, 1.807) is 28.0 Å². The molecule has 0 bridgehead atoms. The van der Waals surface area contributed by atoms with Crippen LogP contribution in [-0.4, -0.2) is 60.4 Å². The summed E-state index contributed by atoms with van der Waals surface area (Å²) in [4.78, 5) is 39.0. The maximum Gasteiger partial charge on any atom is 0.254 e. The van der Waals surface area contributed by atoms with Gasteiger partial charge in [-0.15, -0.1) is 0 Å². The minimum Gasteiger partial charge on any atom is -0.454 e. The Morgan fingerprint density at radius 3 is 2.33 bits per heavy atom. The number of Topliss-reactive ketones (excluding diaryl/α,β-unsaturated/α-hetero) is 1. The van der Waals surface area contributed by atoms with Gasteiger partial charge in [0.1, 0.15) is 5.78 Å². The van der Waals surface area contributed by atoms with Crippen molar-refractivity contribution < 1.29 is 23.9 Å². The average Bonchev–Trinajstić information content (AvgIpc) is 3.06. The molecule has 2 aliphatic heterocycles. The molecule has 0 spiro atoms. The first-order valence-corrected chi connectivity index (χ1v) is 8.01. The van der Waals surface area contributed by atoms with Crippen LogP contribution in [0.4, 0.5) is 0 Å². The molecule has 0 saturated carbocycles. The van der Waals surface area contributed by atoms with Crippen molar-refractivity contribution in [3.63, 3.8) is 0 Å². The zero-order chi connectivity index (χ0) is 17.1. The Morgan fingerprint density at radius 2 is 1.62 bits per heavy atom. The number of carbonyl (C=O) groups excluding carboxylic acids is 3. The minimum absolute atomic E-state index is 0.0139. The molecule has 128 valence electrons. The molecule has 1 fully saturated rings. The van der Waals surface area contributed by atoms with Crippen molar-refractivity contribution in [1.29, 1.82) is 0 Å². The molecule has 2 amide bonds. The molecule has 1 saturated heterocycles. The van der Waals surface area contributed by atoms with Gasteiger partial charge in [-0.25, -0.2) is 0 Å². The van der Waals surface area contributed by atoms with E-state index < -0.39 is 0 Å². The maximum absolute atomic E-state index is 12.6. The van der Waals surface area contributed by atoms with Crippen LogP contribution in [0.25, 0.3) is 0 Å². The molecule has 24 heavy (non-hydrogen) atoms. The Balaban J connectivity index is 1.55. The largest absolute Gasteiger partial charge is 0.454 e. The normalized spacial score (nSPS) is 16.2. The molecule has 7 heteroatoms. The summed E-state index contributed by atoms with van der Waals surface area (Å²) in [7, 11) is 0. The van der Waals surface area contributed by atoms with E-state index in [2.05, 4.69) is 0 Å². The van der Waals surface area contributed by atoms with Gasteiger partial charge in [-0.2, -0.15) is 0 Å². The fourth-order valence-electron chi connectivity index (χ4n) is 2.81. The van der Waals surface area contributed by atoms with Crippen molar-refractivity contribution in [2.75, 3.05) is 33.0 Å². The Labute approximate surface area is 140 Å². The summed E-state index contributed by atoms with van der Waals surface area (Å²) in [5, 5.41) is 0. The van der Waals surface area contributed by atoms with Crippen LogP contribution < -0.4 is 9.47 Å². The summed E-state index contributed by atoms with van der Waals surface area (Å²) in [5.74, 6) is 1.14. The zero-order valence-electron chi connectivity index (χ0n) is 13.6. The monoisotopic (exact) mass is 332 g/mol. The van der Waals surface area contributed by atoms with Gasteiger partial charge in [-0.3, -0.25) is 9.59 Å². The summed E-state index contributed by atoms with van der Waals surface area (Å²) in [5.41, 5.74) is 0.551. The molecule has 7 nitrogen and oxygen atoms in total. The van der Waals surface area contributed by atoms with Gasteiger partial charge in [-0.05, 0) is 25.1 Å². The molecular formula is C17H20N2O5. The maximum atomic E-state index is 12.6. The zero-order valence-corrected chi connectivity index (χ0v) is 13.6. The molecule has 0 aromatic heterocycles. The van der Waals surface area contributed by atoms with E-state index in [1.165, 1.54) is 6.92 Å². The third-order valence-corrected chi connectivity index (χ3v) is 4.23. The van der Waals surface area contributed by atoms with E-state index >= 15 is 0 Å². The lowest BCUT2D eigenvalue weighted by Crippen LogP contribution is -2.50. The first kappa shape index (κ1) is 16.3. The van der Waals surface area contributed by atoms with E-state index in [4.69, 9.17) is 9.47 Å². The predicted molar refractivity (Wildman–Crippen MR) is 85.0 cm³/mol. The number of carbonyl (C=O) groups is 3. The van der Waals surface area contributed by atoms with Crippen LogP contribution in [0.1, 0.15) is 30.1 Å². The SMILES string of the molecule is CC(=O)CCC(=O)N1CCN(C(=O)c2ccc3c(c2)OCO3)CC1. The van der Waals surface area contributed by atoms with Crippen molar-refractivity contribution in [3.8, 4) is 11.5 Å². The highest BCUT2D eigenvalue weighted by atomic mass is 16.7. The molecule has 0 unspecified atom stereocenters. The Bertz CT molecular complexity index is 665. The van der Waals surface area contributed by atoms with Crippen molar-refractivity contribution in [2.24, 2.45) is 0 Å². The highest BCUT2D eigenvalue weighted by molar-refractivity contribution is 5.95. The van der Waals surface area contributed by atoms with Crippen molar-refractivity contribution in [1.82, 2.24) is 9.80 Å². The fraction of sp³-hybridized carbons (Fsp3) is 0.471. The number of hydrogen-bond donors (Lipinski definition) is 0. The number of fused-ring (bicyclic) bond motifs is 1. The van der Waals surface area contributed by atoms with E-state index in [-0.39, 0.29) is 37.2 Å². The Hall–Kier alpha value is -2.57. The molecule has 0 N–H and O–H groups in total. The summed E-state index contributed by atoms with van der Waals surface area (Å²) in [6.07, 6.45) is 0.514. The van der Waals surface area contributed by atoms with Crippen LogP contribution in [0.2, 0.25) is 0 Å². The number of benzene rings is 1. The topological polar surface area (TPSA) is 76.2 Å². The van der Waals surface area contributed by atoms with Crippen LogP contribution in [-0.2, 0) is 9.59 Å². The highest BCUT2D eigenvalue weighted by Gasteiger charge is 2.26. The van der Waals surface area contributed by atoms with Crippen LogP contribution >= 0.6 is 0 Å². The lowest BCUT2D eigenvalue weighted by molar-refractivity contribution is -0.134. The van der Waals surface area contributed by atoms with Crippen LogP contribution in [0.5, 0.6) is 11.5 Å². The van der Waals surface area contributed by atoms with Crippen LogP contribution in [0, 0.1) is 0 Å². The van der Waals surface area contributed by atoms with E-state index in [0.29, 0.717) is 43.2 Å². The number of nitrogens with zero attached hydrogens (tertiary/aromatic N) is 2. The van der Waals surface area contributed by atoms with Gasteiger partial charge < -0.3 is 24.1 Å². The summed E-state index contributed by atoms with van der Waals surface area (Å²) in [6.45, 7) is 3.61. The molecular weight excluding hydrogens is 312 g/mol. The quantitative estimate of drug-likeness (QED) is 0.824. The third kappa shape index (κ3) is 3.50. The predicted octanol–water partition coefficient (Wildman–Crippen LogP) is 1.07. The molecule has 2 heterocycles. The molecule has 3 rings (SSSR count). The van der Waals surface area contributed by atoms with Crippen molar-refractivity contribution in [3.05, 3.63) is 23.8 Å². The summed E-state index contributed by atoms with van der Waals surface area (Å²) in [6, 6.07) is 5.15. The second-order valence-corrected chi connectivity index (χ2v) is 5.94. The van der Waals surface area contributed by atoms with Gasteiger partial charge in [0.15, 0.2) is 11.5 Å².